The minimum Gasteiger partial charge on any atom is -0.266 e. The quantitative estimate of drug-likeness (QED) is 0.554. The summed E-state index contributed by atoms with van der Waals surface area (Å²) in [6.07, 6.45) is 4.88. The first kappa shape index (κ1) is 19.7. The number of thioether (sulfide) groups is 2. The summed E-state index contributed by atoms with van der Waals surface area (Å²) < 4.78 is 2.96. The molecule has 7 nitrogen and oxygen atoms in total. The predicted octanol–water partition coefficient (Wildman–Crippen LogP) is 4.01. The first-order chi connectivity index (χ1) is 14.1. The van der Waals surface area contributed by atoms with Crippen molar-refractivity contribution in [2.45, 2.75) is 10.6 Å². The highest BCUT2D eigenvalue weighted by Gasteiger charge is 2.23. The van der Waals surface area contributed by atoms with Gasteiger partial charge in [0.15, 0.2) is 4.38 Å². The Labute approximate surface area is 183 Å². The highest BCUT2D eigenvalue weighted by molar-refractivity contribution is 9.10. The number of hydrogen-bond acceptors (Lipinski definition) is 8. The molecule has 3 heterocycles. The summed E-state index contributed by atoms with van der Waals surface area (Å²) in [4.78, 5) is 17.6. The number of aromatic nitrogens is 3. The van der Waals surface area contributed by atoms with Gasteiger partial charge >= 0.3 is 0 Å². The largest absolute Gasteiger partial charge is 0.287 e. The van der Waals surface area contributed by atoms with E-state index in [1.54, 1.807) is 48.8 Å². The maximum atomic E-state index is 13.0. The van der Waals surface area contributed by atoms with Crippen LogP contribution in [-0.2, 0) is 5.75 Å². The van der Waals surface area contributed by atoms with Crippen LogP contribution >= 0.6 is 39.5 Å². The zero-order valence-corrected chi connectivity index (χ0v) is 18.3. The molecule has 1 aliphatic heterocycles. The molecule has 144 valence electrons. The van der Waals surface area contributed by atoms with Gasteiger partial charge in [0.25, 0.3) is 5.56 Å². The van der Waals surface area contributed by atoms with Gasteiger partial charge in [0.1, 0.15) is 4.90 Å². The molecule has 29 heavy (non-hydrogen) atoms. The van der Waals surface area contributed by atoms with E-state index in [1.165, 1.54) is 28.2 Å². The van der Waals surface area contributed by atoms with Crippen LogP contribution in [0.3, 0.4) is 0 Å². The van der Waals surface area contributed by atoms with Gasteiger partial charge in [-0.1, -0.05) is 45.5 Å². The monoisotopic (exact) mass is 484 g/mol. The summed E-state index contributed by atoms with van der Waals surface area (Å²) in [5, 5.41) is 19.8. The van der Waals surface area contributed by atoms with Crippen LogP contribution in [0.5, 0.6) is 0 Å². The van der Waals surface area contributed by atoms with Crippen molar-refractivity contribution in [3.8, 4) is 11.8 Å². The van der Waals surface area contributed by atoms with Crippen molar-refractivity contribution in [2.24, 2.45) is 5.10 Å². The Balaban J connectivity index is 1.60. The number of pyridine rings is 1. The second kappa shape index (κ2) is 8.41. The number of fused-ring (bicyclic) bond motifs is 1. The Morgan fingerprint density at radius 3 is 2.83 bits per heavy atom. The first-order valence-electron chi connectivity index (χ1n) is 8.41. The minimum absolute atomic E-state index is 0.208. The van der Waals surface area contributed by atoms with E-state index in [-0.39, 0.29) is 5.56 Å². The second-order valence-electron chi connectivity index (χ2n) is 5.97. The van der Waals surface area contributed by atoms with Crippen molar-refractivity contribution in [1.29, 1.82) is 5.26 Å². The average molecular weight is 485 g/mol. The summed E-state index contributed by atoms with van der Waals surface area (Å²) in [6, 6.07) is 11.3. The number of halogens is 1. The summed E-state index contributed by atoms with van der Waals surface area (Å²) in [5.41, 5.74) is 2.64. The number of nitriles is 1. The molecule has 1 aliphatic rings. The summed E-state index contributed by atoms with van der Waals surface area (Å²) >= 11 is 6.20. The Kier molecular flexibility index (Phi) is 5.71. The molecule has 0 N–H and O–H groups in total. The lowest BCUT2D eigenvalue weighted by molar-refractivity contribution is 0.770. The molecule has 3 aromatic rings. The molecule has 0 bridgehead atoms. The first-order valence-corrected chi connectivity index (χ1v) is 11.0. The predicted molar refractivity (Wildman–Crippen MR) is 119 cm³/mol. The molecule has 4 rings (SSSR count). The van der Waals surface area contributed by atoms with Gasteiger partial charge in [-0.2, -0.15) is 20.1 Å². The normalized spacial score (nSPS) is 12.9. The number of hydrazone groups is 1. The highest BCUT2D eigenvalue weighted by Crippen LogP contribution is 2.37. The molecular weight excluding hydrogens is 472 g/mol. The Hall–Kier alpha value is -2.61. The number of rotatable bonds is 3. The fourth-order valence-corrected chi connectivity index (χ4v) is 5.22. The van der Waals surface area contributed by atoms with Gasteiger partial charge in [0.05, 0.1) is 29.2 Å². The van der Waals surface area contributed by atoms with E-state index in [2.05, 4.69) is 37.2 Å². The standard InChI is InChI=1S/C19H13BrN6OS2/c1-25-16-10-23-26(15-4-6-22-7-5-15)18(27)17(16)29-19(24-25)28-11-12-2-3-14(20)8-13(12)9-21/h2-8,10H,11H2,1H3. The van der Waals surface area contributed by atoms with Crippen molar-refractivity contribution in [3.63, 3.8) is 0 Å². The molecular formula is C19H13BrN6OS2. The van der Waals surface area contributed by atoms with Crippen LogP contribution in [0.15, 0.2) is 68.2 Å². The van der Waals surface area contributed by atoms with Gasteiger partial charge in [0, 0.05) is 29.7 Å². The zero-order chi connectivity index (χ0) is 20.4. The van der Waals surface area contributed by atoms with E-state index in [0.29, 0.717) is 27.6 Å². The molecule has 0 saturated carbocycles. The van der Waals surface area contributed by atoms with Crippen LogP contribution < -0.4 is 10.6 Å². The van der Waals surface area contributed by atoms with Crippen LogP contribution in [0.2, 0.25) is 0 Å². The van der Waals surface area contributed by atoms with Gasteiger partial charge in [0.2, 0.25) is 0 Å². The van der Waals surface area contributed by atoms with Crippen LogP contribution in [0.25, 0.3) is 5.69 Å². The van der Waals surface area contributed by atoms with Crippen molar-refractivity contribution in [3.05, 3.63) is 74.9 Å². The third kappa shape index (κ3) is 4.07. The van der Waals surface area contributed by atoms with E-state index in [0.717, 1.165) is 14.4 Å². The van der Waals surface area contributed by atoms with E-state index >= 15 is 0 Å². The van der Waals surface area contributed by atoms with E-state index < -0.39 is 0 Å². The summed E-state index contributed by atoms with van der Waals surface area (Å²) in [7, 11) is 1.79. The van der Waals surface area contributed by atoms with Crippen LogP contribution in [0.1, 0.15) is 11.1 Å². The number of benzene rings is 1. The van der Waals surface area contributed by atoms with Gasteiger partial charge in [-0.3, -0.25) is 14.8 Å². The maximum Gasteiger partial charge on any atom is 0.287 e. The molecule has 2 aromatic heterocycles. The Bertz CT molecular complexity index is 1210. The van der Waals surface area contributed by atoms with Gasteiger partial charge in [-0.15, -0.1) is 0 Å². The molecule has 0 radical (unpaired) electrons. The van der Waals surface area contributed by atoms with Gasteiger partial charge in [-0.25, -0.2) is 0 Å². The van der Waals surface area contributed by atoms with Crippen molar-refractivity contribution in [2.75, 3.05) is 12.1 Å². The molecule has 0 spiro atoms. The topological polar surface area (TPSA) is 87.2 Å². The fraction of sp³-hybridized carbons (Fsp3) is 0.105. The smallest absolute Gasteiger partial charge is 0.266 e. The second-order valence-corrected chi connectivity index (χ2v) is 9.11. The molecule has 0 aliphatic carbocycles. The van der Waals surface area contributed by atoms with Crippen molar-refractivity contribution >= 4 is 49.5 Å². The average Bonchev–Trinajstić information content (AvgIpc) is 2.74. The maximum absolute atomic E-state index is 13.0. The molecule has 0 saturated heterocycles. The lowest BCUT2D eigenvalue weighted by Gasteiger charge is -2.23. The molecule has 1 aromatic carbocycles. The molecule has 0 atom stereocenters. The van der Waals surface area contributed by atoms with Crippen LogP contribution in [-0.4, -0.2) is 26.2 Å². The Morgan fingerprint density at radius 2 is 2.07 bits per heavy atom. The highest BCUT2D eigenvalue weighted by atomic mass is 79.9. The molecule has 0 amide bonds. The lowest BCUT2D eigenvalue weighted by Crippen LogP contribution is -2.28. The van der Waals surface area contributed by atoms with E-state index in [4.69, 9.17) is 0 Å². The summed E-state index contributed by atoms with van der Waals surface area (Å²) in [6.45, 7) is 0. The third-order valence-electron chi connectivity index (χ3n) is 4.14. The number of nitrogens with zero attached hydrogens (tertiary/aromatic N) is 6. The third-order valence-corrected chi connectivity index (χ3v) is 6.86. The molecule has 0 unspecified atom stereocenters. The zero-order valence-electron chi connectivity index (χ0n) is 15.1. The molecule has 0 fully saturated rings. The van der Waals surface area contributed by atoms with E-state index in [1.807, 2.05) is 12.1 Å². The van der Waals surface area contributed by atoms with Crippen LogP contribution in [0, 0.1) is 11.3 Å². The fourth-order valence-electron chi connectivity index (χ4n) is 2.69. The van der Waals surface area contributed by atoms with Gasteiger partial charge in [-0.05, 0) is 29.8 Å². The number of anilines is 1. The van der Waals surface area contributed by atoms with Crippen LogP contribution in [0.4, 0.5) is 5.69 Å². The molecule has 10 heteroatoms. The lowest BCUT2D eigenvalue weighted by atomic mass is 10.1. The van der Waals surface area contributed by atoms with Crippen molar-refractivity contribution < 1.29 is 0 Å². The minimum atomic E-state index is -0.208. The van der Waals surface area contributed by atoms with Gasteiger partial charge < -0.3 is 0 Å². The summed E-state index contributed by atoms with van der Waals surface area (Å²) in [5.74, 6) is 0.578. The van der Waals surface area contributed by atoms with E-state index in [9.17, 15) is 10.1 Å². The van der Waals surface area contributed by atoms with Crippen molar-refractivity contribution in [1.82, 2.24) is 14.8 Å². The Morgan fingerprint density at radius 1 is 1.28 bits per heavy atom. The number of hydrogen-bond donors (Lipinski definition) is 0. The SMILES string of the molecule is CN1N=C(SCc2ccc(Br)cc2C#N)Sc2c1cnn(-c1ccncc1)c2=O.